The van der Waals surface area contributed by atoms with Crippen LogP contribution in [0.15, 0.2) is 55.0 Å². The predicted octanol–water partition coefficient (Wildman–Crippen LogP) is 5.28. The minimum atomic E-state index is -0.0693. The molecule has 1 fully saturated rings. The van der Waals surface area contributed by atoms with E-state index in [1.54, 1.807) is 0 Å². The maximum atomic E-state index is 13.7. The summed E-state index contributed by atoms with van der Waals surface area (Å²) in [4.78, 5) is 22.0. The highest BCUT2D eigenvalue weighted by Crippen LogP contribution is 2.36. The number of aryl methyl sites for hydroxylation is 1. The Hall–Kier alpha value is -3.59. The van der Waals surface area contributed by atoms with Crippen LogP contribution in [0.3, 0.4) is 0 Å². The smallest absolute Gasteiger partial charge is 0.325 e. The Morgan fingerprint density at radius 3 is 2.48 bits per heavy atom. The fourth-order valence-corrected chi connectivity index (χ4v) is 4.46. The molecule has 0 N–H and O–H groups in total. The number of anilines is 1. The van der Waals surface area contributed by atoms with E-state index >= 15 is 0 Å². The molecule has 0 unspecified atom stereocenters. The fraction of sp³-hybridized carbons (Fsp3) is 0.370. The minimum Gasteiger partial charge on any atom is -0.329 e. The Bertz CT molecular complexity index is 1200. The first-order chi connectivity index (χ1) is 15.7. The molecule has 2 heterocycles. The van der Waals surface area contributed by atoms with Crippen molar-refractivity contribution in [3.63, 3.8) is 0 Å². The van der Waals surface area contributed by atoms with Gasteiger partial charge in [0.1, 0.15) is 0 Å². The number of nitriles is 1. The third-order valence-corrected chi connectivity index (χ3v) is 6.64. The molecule has 1 aliphatic rings. The van der Waals surface area contributed by atoms with E-state index in [1.165, 1.54) is 5.56 Å². The van der Waals surface area contributed by atoms with Crippen LogP contribution in [-0.2, 0) is 13.1 Å². The average Bonchev–Trinajstić information content (AvgIpc) is 3.35. The maximum absolute atomic E-state index is 13.7. The van der Waals surface area contributed by atoms with Gasteiger partial charge >= 0.3 is 6.03 Å². The molecule has 0 bridgehead atoms. The average molecular weight is 442 g/mol. The number of rotatable bonds is 5. The van der Waals surface area contributed by atoms with Crippen LogP contribution in [0, 0.1) is 30.6 Å². The van der Waals surface area contributed by atoms with E-state index in [2.05, 4.69) is 56.3 Å². The van der Waals surface area contributed by atoms with Crippen LogP contribution in [0.5, 0.6) is 0 Å². The van der Waals surface area contributed by atoms with Crippen LogP contribution in [0.2, 0.25) is 0 Å². The molecule has 0 saturated carbocycles. The normalized spacial score (nSPS) is 16.4. The molecule has 0 radical (unpaired) electrons. The largest absolute Gasteiger partial charge is 0.329 e. The van der Waals surface area contributed by atoms with Crippen molar-refractivity contribution in [2.45, 2.75) is 53.8 Å². The van der Waals surface area contributed by atoms with E-state index in [9.17, 15) is 4.79 Å². The van der Waals surface area contributed by atoms with Gasteiger partial charge in [0.2, 0.25) is 0 Å². The van der Waals surface area contributed by atoms with Gasteiger partial charge < -0.3 is 9.47 Å². The van der Waals surface area contributed by atoms with Crippen molar-refractivity contribution in [2.24, 2.45) is 5.41 Å². The van der Waals surface area contributed by atoms with Crippen molar-refractivity contribution in [3.05, 3.63) is 82.9 Å². The molecular weight excluding hydrogens is 410 g/mol. The van der Waals surface area contributed by atoms with Gasteiger partial charge in [0.15, 0.2) is 0 Å². The third-order valence-electron chi connectivity index (χ3n) is 6.64. The topological polar surface area (TPSA) is 65.2 Å². The zero-order chi connectivity index (χ0) is 23.8. The molecule has 170 valence electrons. The lowest BCUT2D eigenvalue weighted by atomic mass is 9.86. The molecule has 33 heavy (non-hydrogen) atoms. The summed E-state index contributed by atoms with van der Waals surface area (Å²) in [6.45, 7) is 12.5. The number of urea groups is 1. The van der Waals surface area contributed by atoms with Gasteiger partial charge in [0.25, 0.3) is 0 Å². The zero-order valence-corrected chi connectivity index (χ0v) is 20.0. The van der Waals surface area contributed by atoms with Crippen LogP contribution in [-0.4, -0.2) is 33.1 Å². The number of nitrogens with zero attached hydrogens (tertiary/aromatic N) is 5. The zero-order valence-electron chi connectivity index (χ0n) is 20.0. The van der Waals surface area contributed by atoms with Crippen molar-refractivity contribution in [3.8, 4) is 6.07 Å². The number of amides is 2. The summed E-state index contributed by atoms with van der Waals surface area (Å²) in [5.41, 5.74) is 5.97. The molecule has 4 rings (SSSR count). The number of hydrogen-bond acceptors (Lipinski definition) is 3. The highest BCUT2D eigenvalue weighted by molar-refractivity contribution is 5.95. The van der Waals surface area contributed by atoms with Crippen LogP contribution in [0.25, 0.3) is 0 Å². The molecule has 1 saturated heterocycles. The number of carbonyl (C=O) groups is 1. The van der Waals surface area contributed by atoms with Crippen molar-refractivity contribution in [1.29, 1.82) is 5.26 Å². The fourth-order valence-electron chi connectivity index (χ4n) is 4.46. The van der Waals surface area contributed by atoms with E-state index in [4.69, 9.17) is 5.26 Å². The van der Waals surface area contributed by atoms with Gasteiger partial charge in [-0.25, -0.2) is 9.78 Å². The Kier molecular flexibility index (Phi) is 5.99. The molecule has 1 aliphatic heterocycles. The summed E-state index contributed by atoms with van der Waals surface area (Å²) in [6.07, 6.45) is 3.65. The molecular formula is C27H31N5O. The maximum Gasteiger partial charge on any atom is 0.325 e. The van der Waals surface area contributed by atoms with Crippen LogP contribution < -0.4 is 4.90 Å². The van der Waals surface area contributed by atoms with Gasteiger partial charge in [0, 0.05) is 25.0 Å². The summed E-state index contributed by atoms with van der Waals surface area (Å²) < 4.78 is 2.08. The highest BCUT2D eigenvalue weighted by atomic mass is 16.2. The number of hydrogen-bond donors (Lipinski definition) is 0. The minimum absolute atomic E-state index is 0.0368. The van der Waals surface area contributed by atoms with Crippen molar-refractivity contribution < 1.29 is 4.79 Å². The van der Waals surface area contributed by atoms with Gasteiger partial charge in [-0.2, -0.15) is 5.26 Å². The third kappa shape index (κ3) is 4.49. The second-order valence-electron chi connectivity index (χ2n) is 9.94. The highest BCUT2D eigenvalue weighted by Gasteiger charge is 2.44. The summed E-state index contributed by atoms with van der Waals surface area (Å²) in [7, 11) is 0. The van der Waals surface area contributed by atoms with Gasteiger partial charge in [-0.15, -0.1) is 0 Å². The lowest BCUT2D eigenvalue weighted by molar-refractivity contribution is 0.148. The van der Waals surface area contributed by atoms with Crippen LogP contribution in [0.1, 0.15) is 48.7 Å². The van der Waals surface area contributed by atoms with Crippen molar-refractivity contribution >= 4 is 11.7 Å². The van der Waals surface area contributed by atoms with E-state index in [0.717, 1.165) is 22.5 Å². The second kappa shape index (κ2) is 8.74. The molecule has 6 heteroatoms. The number of benzene rings is 2. The van der Waals surface area contributed by atoms with Gasteiger partial charge in [-0.3, -0.25) is 4.90 Å². The quantitative estimate of drug-likeness (QED) is 0.541. The molecule has 0 aliphatic carbocycles. The molecule has 1 atom stereocenters. The predicted molar refractivity (Wildman–Crippen MR) is 130 cm³/mol. The Balaban J connectivity index is 1.61. The summed E-state index contributed by atoms with van der Waals surface area (Å²) in [5.74, 6) is 0. The molecule has 1 aromatic heterocycles. The van der Waals surface area contributed by atoms with Crippen molar-refractivity contribution in [2.75, 3.05) is 11.4 Å². The summed E-state index contributed by atoms with van der Waals surface area (Å²) in [6, 6.07) is 16.0. The van der Waals surface area contributed by atoms with Gasteiger partial charge in [-0.1, -0.05) is 45.0 Å². The molecule has 6 nitrogen and oxygen atoms in total. The SMILES string of the molecule is Cc1cccc(N2C[C@H](C(C)(C)C)N(Cc3cncn3Cc3ccc(C#N)cc3)C2=O)c1C. The first-order valence-corrected chi connectivity index (χ1v) is 11.3. The Morgan fingerprint density at radius 1 is 1.09 bits per heavy atom. The Labute approximate surface area is 196 Å². The number of imidazole rings is 1. The lowest BCUT2D eigenvalue weighted by Crippen LogP contribution is -2.42. The van der Waals surface area contributed by atoms with E-state index in [0.29, 0.717) is 25.2 Å². The van der Waals surface area contributed by atoms with E-state index in [-0.39, 0.29) is 17.5 Å². The first-order valence-electron chi connectivity index (χ1n) is 11.3. The van der Waals surface area contributed by atoms with Gasteiger partial charge in [-0.05, 0) is 54.2 Å². The first kappa shape index (κ1) is 22.6. The van der Waals surface area contributed by atoms with Crippen LogP contribution in [0.4, 0.5) is 10.5 Å². The number of carbonyl (C=O) groups excluding carboxylic acids is 1. The summed E-state index contributed by atoms with van der Waals surface area (Å²) in [5, 5.41) is 9.03. The lowest BCUT2D eigenvalue weighted by Gasteiger charge is -2.33. The van der Waals surface area contributed by atoms with Gasteiger partial charge in [0.05, 0.1) is 36.2 Å². The number of aromatic nitrogens is 2. The standard InChI is InChI=1S/C27H31N5O/c1-19-7-6-8-24(20(19)2)31-17-25(27(3,4)5)32(26(31)33)16-23-14-29-18-30(23)15-22-11-9-21(13-28)10-12-22/h6-12,14,18,25H,15-17H2,1-5H3/t25-/m1/s1. The molecule has 2 amide bonds. The van der Waals surface area contributed by atoms with Crippen molar-refractivity contribution in [1.82, 2.24) is 14.5 Å². The van der Waals surface area contributed by atoms with Crippen LogP contribution >= 0.6 is 0 Å². The molecule has 3 aromatic rings. The molecule has 2 aromatic carbocycles. The monoisotopic (exact) mass is 441 g/mol. The molecule has 0 spiro atoms. The second-order valence-corrected chi connectivity index (χ2v) is 9.94. The van der Waals surface area contributed by atoms with E-state index < -0.39 is 0 Å². The summed E-state index contributed by atoms with van der Waals surface area (Å²) >= 11 is 0. The Morgan fingerprint density at radius 2 is 1.82 bits per heavy atom. The van der Waals surface area contributed by atoms with E-state index in [1.807, 2.05) is 58.7 Å².